The Morgan fingerprint density at radius 1 is 1.47 bits per heavy atom. The molecule has 15 heavy (non-hydrogen) atoms. The minimum absolute atomic E-state index is 0.232. The Hall–Kier alpha value is -0.370. The Labute approximate surface area is 94.0 Å². The highest BCUT2D eigenvalue weighted by Crippen LogP contribution is 2.28. The van der Waals surface area contributed by atoms with Gasteiger partial charge in [-0.2, -0.15) is 0 Å². The molecule has 1 saturated heterocycles. The number of piperidine rings is 1. The van der Waals surface area contributed by atoms with E-state index < -0.39 is 0 Å². The molecule has 0 aromatic rings. The molecule has 0 amide bonds. The Kier molecular flexibility index (Phi) is 4.32. The van der Waals surface area contributed by atoms with Gasteiger partial charge in [0.05, 0.1) is 6.54 Å². The topological polar surface area (TPSA) is 20.3 Å². The third-order valence-corrected chi connectivity index (χ3v) is 3.52. The zero-order valence-electron chi connectivity index (χ0n) is 10.7. The van der Waals surface area contributed by atoms with Crippen molar-refractivity contribution in [2.75, 3.05) is 19.6 Å². The number of likely N-dealkylation sites (tertiary alicyclic amines) is 1. The fraction of sp³-hybridized carbons (Fsp3) is 0.923. The third-order valence-electron chi connectivity index (χ3n) is 3.52. The summed E-state index contributed by atoms with van der Waals surface area (Å²) in [6, 6.07) is 0. The van der Waals surface area contributed by atoms with Gasteiger partial charge < -0.3 is 0 Å². The van der Waals surface area contributed by atoms with Gasteiger partial charge in [0, 0.05) is 12.5 Å². The van der Waals surface area contributed by atoms with Crippen molar-refractivity contribution in [2.45, 2.75) is 47.0 Å². The van der Waals surface area contributed by atoms with Crippen LogP contribution >= 0.6 is 0 Å². The van der Waals surface area contributed by atoms with Gasteiger partial charge in [-0.15, -0.1) is 0 Å². The fourth-order valence-electron chi connectivity index (χ4n) is 2.28. The summed E-state index contributed by atoms with van der Waals surface area (Å²) < 4.78 is 0. The molecule has 88 valence electrons. The van der Waals surface area contributed by atoms with Gasteiger partial charge in [0.2, 0.25) is 0 Å². The Balaban J connectivity index is 2.41. The lowest BCUT2D eigenvalue weighted by atomic mass is 9.84. The van der Waals surface area contributed by atoms with Gasteiger partial charge in [0.15, 0.2) is 0 Å². The molecular weight excluding hydrogens is 186 g/mol. The predicted molar refractivity (Wildman–Crippen MR) is 63.9 cm³/mol. The second kappa shape index (κ2) is 5.11. The van der Waals surface area contributed by atoms with Crippen LogP contribution in [0.4, 0.5) is 0 Å². The summed E-state index contributed by atoms with van der Waals surface area (Å²) in [6.45, 7) is 11.6. The number of rotatable bonds is 4. The fourth-order valence-corrected chi connectivity index (χ4v) is 2.28. The van der Waals surface area contributed by atoms with E-state index in [0.717, 1.165) is 19.5 Å². The molecule has 2 nitrogen and oxygen atoms in total. The molecular formula is C13H25NO. The van der Waals surface area contributed by atoms with Crippen molar-refractivity contribution in [2.24, 2.45) is 11.3 Å². The molecule has 0 radical (unpaired) electrons. The third kappa shape index (κ3) is 3.94. The lowest BCUT2D eigenvalue weighted by Gasteiger charge is -2.38. The quantitative estimate of drug-likeness (QED) is 0.712. The van der Waals surface area contributed by atoms with Gasteiger partial charge in [-0.1, -0.05) is 27.7 Å². The average molecular weight is 211 g/mol. The molecule has 0 aliphatic carbocycles. The monoisotopic (exact) mass is 211 g/mol. The standard InChI is InChI=1S/C13H25NO/c1-5-11(2)12(15)9-14-8-6-7-13(3,4)10-14/h11H,5-10H2,1-4H3. The molecule has 0 N–H and O–H groups in total. The lowest BCUT2D eigenvalue weighted by Crippen LogP contribution is -2.43. The first kappa shape index (κ1) is 12.7. The van der Waals surface area contributed by atoms with Crippen molar-refractivity contribution < 1.29 is 4.79 Å². The molecule has 0 bridgehead atoms. The molecule has 1 aliphatic rings. The molecule has 1 unspecified atom stereocenters. The number of Topliss-reactive ketones (excluding diaryl/α,β-unsaturated/α-hetero) is 1. The first-order valence-corrected chi connectivity index (χ1v) is 6.19. The molecule has 2 heteroatoms. The van der Waals surface area contributed by atoms with Gasteiger partial charge in [0.25, 0.3) is 0 Å². The van der Waals surface area contributed by atoms with E-state index in [1.807, 2.05) is 6.92 Å². The van der Waals surface area contributed by atoms with E-state index in [4.69, 9.17) is 0 Å². The van der Waals surface area contributed by atoms with E-state index in [1.165, 1.54) is 12.8 Å². The summed E-state index contributed by atoms with van der Waals surface area (Å²) in [5.41, 5.74) is 0.397. The molecule has 0 aromatic carbocycles. The first-order valence-electron chi connectivity index (χ1n) is 6.19. The molecule has 0 aromatic heterocycles. The average Bonchev–Trinajstić information content (AvgIpc) is 2.14. The predicted octanol–water partition coefficient (Wildman–Crippen LogP) is 2.72. The van der Waals surface area contributed by atoms with E-state index >= 15 is 0 Å². The second-order valence-electron chi connectivity index (χ2n) is 5.75. The molecule has 0 saturated carbocycles. The SMILES string of the molecule is CCC(C)C(=O)CN1CCCC(C)(C)C1. The van der Waals surface area contributed by atoms with Crippen LogP contribution in [0.15, 0.2) is 0 Å². The van der Waals surface area contributed by atoms with Gasteiger partial charge in [-0.3, -0.25) is 9.69 Å². The highest BCUT2D eigenvalue weighted by molar-refractivity contribution is 5.82. The van der Waals surface area contributed by atoms with Gasteiger partial charge in [-0.25, -0.2) is 0 Å². The summed E-state index contributed by atoms with van der Waals surface area (Å²) in [4.78, 5) is 14.1. The van der Waals surface area contributed by atoms with E-state index in [1.54, 1.807) is 0 Å². The van der Waals surface area contributed by atoms with Crippen molar-refractivity contribution in [1.29, 1.82) is 0 Å². The van der Waals surface area contributed by atoms with Crippen LogP contribution in [-0.2, 0) is 4.79 Å². The Morgan fingerprint density at radius 3 is 2.67 bits per heavy atom. The minimum Gasteiger partial charge on any atom is -0.298 e. The van der Waals surface area contributed by atoms with Crippen LogP contribution in [0.5, 0.6) is 0 Å². The van der Waals surface area contributed by atoms with Crippen molar-refractivity contribution in [3.05, 3.63) is 0 Å². The molecule has 1 heterocycles. The number of hydrogen-bond acceptors (Lipinski definition) is 2. The Bertz CT molecular complexity index is 223. The largest absolute Gasteiger partial charge is 0.298 e. The molecule has 1 atom stereocenters. The first-order chi connectivity index (χ1) is 6.94. The van der Waals surface area contributed by atoms with E-state index in [2.05, 4.69) is 25.7 Å². The smallest absolute Gasteiger partial charge is 0.149 e. The second-order valence-corrected chi connectivity index (χ2v) is 5.75. The van der Waals surface area contributed by atoms with E-state index in [9.17, 15) is 4.79 Å². The van der Waals surface area contributed by atoms with Crippen molar-refractivity contribution in [3.63, 3.8) is 0 Å². The number of nitrogens with zero attached hydrogens (tertiary/aromatic N) is 1. The molecule has 0 spiro atoms. The molecule has 1 rings (SSSR count). The number of hydrogen-bond donors (Lipinski definition) is 0. The maximum Gasteiger partial charge on any atom is 0.149 e. The van der Waals surface area contributed by atoms with Gasteiger partial charge in [-0.05, 0) is 31.2 Å². The van der Waals surface area contributed by atoms with Crippen LogP contribution in [-0.4, -0.2) is 30.3 Å². The van der Waals surface area contributed by atoms with Crippen molar-refractivity contribution >= 4 is 5.78 Å². The van der Waals surface area contributed by atoms with Crippen molar-refractivity contribution in [1.82, 2.24) is 4.90 Å². The molecule has 1 aliphatic heterocycles. The lowest BCUT2D eigenvalue weighted by molar-refractivity contribution is -0.124. The summed E-state index contributed by atoms with van der Waals surface area (Å²) in [5, 5.41) is 0. The molecule has 1 fully saturated rings. The number of carbonyl (C=O) groups excluding carboxylic acids is 1. The number of ketones is 1. The highest BCUT2D eigenvalue weighted by Gasteiger charge is 2.27. The highest BCUT2D eigenvalue weighted by atomic mass is 16.1. The summed E-state index contributed by atoms with van der Waals surface area (Å²) in [5.74, 6) is 0.644. The summed E-state index contributed by atoms with van der Waals surface area (Å²) in [7, 11) is 0. The van der Waals surface area contributed by atoms with Crippen molar-refractivity contribution in [3.8, 4) is 0 Å². The van der Waals surface area contributed by atoms with Crippen LogP contribution in [0, 0.1) is 11.3 Å². The van der Waals surface area contributed by atoms with Crippen LogP contribution in [0.25, 0.3) is 0 Å². The normalized spacial score (nSPS) is 23.7. The van der Waals surface area contributed by atoms with E-state index in [-0.39, 0.29) is 5.92 Å². The Morgan fingerprint density at radius 2 is 2.13 bits per heavy atom. The van der Waals surface area contributed by atoms with Crippen LogP contribution in [0.3, 0.4) is 0 Å². The zero-order valence-corrected chi connectivity index (χ0v) is 10.7. The summed E-state index contributed by atoms with van der Waals surface area (Å²) >= 11 is 0. The zero-order chi connectivity index (χ0) is 11.5. The number of carbonyl (C=O) groups is 1. The minimum atomic E-state index is 0.232. The van der Waals surface area contributed by atoms with E-state index in [0.29, 0.717) is 17.7 Å². The maximum absolute atomic E-state index is 11.8. The van der Waals surface area contributed by atoms with Gasteiger partial charge in [0.1, 0.15) is 5.78 Å². The van der Waals surface area contributed by atoms with Crippen LogP contribution in [0.1, 0.15) is 47.0 Å². The van der Waals surface area contributed by atoms with Crippen LogP contribution in [0.2, 0.25) is 0 Å². The van der Waals surface area contributed by atoms with Crippen LogP contribution < -0.4 is 0 Å². The maximum atomic E-state index is 11.8. The van der Waals surface area contributed by atoms with Gasteiger partial charge >= 0.3 is 0 Å². The summed E-state index contributed by atoms with van der Waals surface area (Å²) in [6.07, 6.45) is 3.50.